The van der Waals surface area contributed by atoms with Crippen LogP contribution in [0.3, 0.4) is 0 Å². The Balaban J connectivity index is 1.63. The molecule has 1 saturated heterocycles. The first-order valence-corrected chi connectivity index (χ1v) is 11.7. The number of aryl methyl sites for hydroxylation is 2. The molecule has 8 heteroatoms. The third-order valence-corrected chi connectivity index (χ3v) is 6.73. The Kier molecular flexibility index (Phi) is 6.36. The number of carbonyl (C=O) groups is 2. The van der Waals surface area contributed by atoms with E-state index >= 15 is 0 Å². The number of halogens is 1. The molecule has 0 saturated carbocycles. The average molecular weight is 489 g/mol. The second-order valence-corrected chi connectivity index (χ2v) is 9.57. The van der Waals surface area contributed by atoms with Gasteiger partial charge in [0.2, 0.25) is 5.91 Å². The topological polar surface area (TPSA) is 87.3 Å². The van der Waals surface area contributed by atoms with Crippen molar-refractivity contribution in [3.05, 3.63) is 39.8 Å². The van der Waals surface area contributed by atoms with E-state index in [-0.39, 0.29) is 17.9 Å². The normalized spacial score (nSPS) is 18.9. The smallest absolute Gasteiger partial charge is 0.407 e. The number of imidazole rings is 1. The Morgan fingerprint density at radius 3 is 2.84 bits per heavy atom. The average Bonchev–Trinajstić information content (AvgIpc) is 3.35. The van der Waals surface area contributed by atoms with Crippen LogP contribution in [0.15, 0.2) is 22.7 Å². The van der Waals surface area contributed by atoms with Gasteiger partial charge in [-0.1, -0.05) is 35.8 Å². The molecule has 0 bridgehead atoms. The highest BCUT2D eigenvalue weighted by atomic mass is 79.9. The van der Waals surface area contributed by atoms with Gasteiger partial charge in [-0.25, -0.2) is 9.78 Å². The zero-order valence-electron chi connectivity index (χ0n) is 18.2. The van der Waals surface area contributed by atoms with E-state index in [9.17, 15) is 9.59 Å². The molecule has 0 unspecified atom stereocenters. The molecule has 0 radical (unpaired) electrons. The quantitative estimate of drug-likeness (QED) is 0.668. The number of benzene rings is 1. The molecule has 4 rings (SSSR count). The highest BCUT2D eigenvalue weighted by molar-refractivity contribution is 9.10. The number of alkyl carbamates (subject to hydrolysis) is 1. The number of amides is 2. The standard InChI is InChI=1S/C23H29BrN4O3/c1-13(2)19(27-23(30)31-3)22(29)28-11-5-8-18(28)21-25-17-7-4-6-14-12-15(24)9-10-16(14)20(17)26-21/h9-10,12-13,18-19H,4-8,11H2,1-3H3,(H,25,26)(H,27,30)/t18-,19-/m0/s1. The van der Waals surface area contributed by atoms with Gasteiger partial charge in [0.05, 0.1) is 18.8 Å². The second-order valence-electron chi connectivity index (χ2n) is 8.65. The van der Waals surface area contributed by atoms with E-state index in [4.69, 9.17) is 9.72 Å². The van der Waals surface area contributed by atoms with Crippen LogP contribution in [0, 0.1) is 5.92 Å². The summed E-state index contributed by atoms with van der Waals surface area (Å²) in [7, 11) is 1.31. The van der Waals surface area contributed by atoms with Crippen LogP contribution in [-0.4, -0.2) is 46.6 Å². The van der Waals surface area contributed by atoms with Gasteiger partial charge in [-0.15, -0.1) is 0 Å². The summed E-state index contributed by atoms with van der Waals surface area (Å²) in [6.45, 7) is 4.51. The highest BCUT2D eigenvalue weighted by Gasteiger charge is 2.38. The zero-order valence-corrected chi connectivity index (χ0v) is 19.8. The lowest BCUT2D eigenvalue weighted by Crippen LogP contribution is -2.51. The fourth-order valence-corrected chi connectivity index (χ4v) is 5.05. The van der Waals surface area contributed by atoms with E-state index in [0.29, 0.717) is 6.54 Å². The molecule has 31 heavy (non-hydrogen) atoms. The molecule has 7 nitrogen and oxygen atoms in total. The molecular weight excluding hydrogens is 460 g/mol. The van der Waals surface area contributed by atoms with Crippen molar-refractivity contribution in [1.82, 2.24) is 20.2 Å². The SMILES string of the molecule is COC(=O)N[C@H](C(=O)N1CCC[C@H]1c1nc2c([nH]1)CCCc1cc(Br)ccc1-2)C(C)C. The van der Waals surface area contributed by atoms with Crippen molar-refractivity contribution < 1.29 is 14.3 Å². The highest BCUT2D eigenvalue weighted by Crippen LogP contribution is 2.37. The molecule has 2 heterocycles. The largest absolute Gasteiger partial charge is 0.453 e. The Bertz CT molecular complexity index is 987. The van der Waals surface area contributed by atoms with Crippen LogP contribution < -0.4 is 5.32 Å². The number of nitrogens with one attached hydrogen (secondary N) is 2. The predicted molar refractivity (Wildman–Crippen MR) is 122 cm³/mol. The minimum absolute atomic E-state index is 0.0495. The summed E-state index contributed by atoms with van der Waals surface area (Å²) in [6, 6.07) is 5.62. The Morgan fingerprint density at radius 1 is 1.29 bits per heavy atom. The third kappa shape index (κ3) is 4.35. The van der Waals surface area contributed by atoms with Crippen LogP contribution >= 0.6 is 15.9 Å². The number of fused-ring (bicyclic) bond motifs is 3. The molecule has 1 aromatic carbocycles. The van der Waals surface area contributed by atoms with Crippen molar-refractivity contribution in [1.29, 1.82) is 0 Å². The van der Waals surface area contributed by atoms with Crippen LogP contribution in [0.2, 0.25) is 0 Å². The molecule has 2 aliphatic rings. The van der Waals surface area contributed by atoms with Crippen molar-refractivity contribution in [2.45, 2.75) is 58.0 Å². The maximum Gasteiger partial charge on any atom is 0.407 e. The number of carbonyl (C=O) groups excluding carboxylic acids is 2. The van der Waals surface area contributed by atoms with Crippen LogP contribution in [0.5, 0.6) is 0 Å². The number of aromatic nitrogens is 2. The van der Waals surface area contributed by atoms with Gasteiger partial charge in [-0.2, -0.15) is 0 Å². The molecule has 1 fully saturated rings. The van der Waals surface area contributed by atoms with Gasteiger partial charge in [0.25, 0.3) is 0 Å². The monoisotopic (exact) mass is 488 g/mol. The summed E-state index contributed by atoms with van der Waals surface area (Å²) in [5, 5.41) is 2.70. The second kappa shape index (κ2) is 9.02. The van der Waals surface area contributed by atoms with Crippen LogP contribution in [0.4, 0.5) is 4.79 Å². The molecular formula is C23H29BrN4O3. The molecule has 2 N–H and O–H groups in total. The van der Waals surface area contributed by atoms with Crippen molar-refractivity contribution in [3.8, 4) is 11.3 Å². The van der Waals surface area contributed by atoms with Gasteiger partial charge < -0.3 is 19.9 Å². The van der Waals surface area contributed by atoms with Crippen molar-refractivity contribution in [3.63, 3.8) is 0 Å². The van der Waals surface area contributed by atoms with Crippen molar-refractivity contribution >= 4 is 27.9 Å². The fraction of sp³-hybridized carbons (Fsp3) is 0.522. The van der Waals surface area contributed by atoms with Crippen molar-refractivity contribution in [2.75, 3.05) is 13.7 Å². The number of ether oxygens (including phenoxy) is 1. The molecule has 1 aromatic heterocycles. The molecule has 2 aromatic rings. The maximum absolute atomic E-state index is 13.4. The maximum atomic E-state index is 13.4. The number of aromatic amines is 1. The van der Waals surface area contributed by atoms with Crippen LogP contribution in [0.25, 0.3) is 11.3 Å². The van der Waals surface area contributed by atoms with Gasteiger partial charge in [0.1, 0.15) is 11.9 Å². The van der Waals surface area contributed by atoms with Crippen LogP contribution in [-0.2, 0) is 22.4 Å². The molecule has 1 aliphatic carbocycles. The van der Waals surface area contributed by atoms with E-state index in [1.54, 1.807) is 0 Å². The summed E-state index contributed by atoms with van der Waals surface area (Å²) in [5.41, 5.74) is 4.61. The third-order valence-electron chi connectivity index (χ3n) is 6.24. The lowest BCUT2D eigenvalue weighted by atomic mass is 10.0. The fourth-order valence-electron chi connectivity index (χ4n) is 4.64. The predicted octanol–water partition coefficient (Wildman–Crippen LogP) is 4.37. The first-order valence-electron chi connectivity index (χ1n) is 10.9. The van der Waals surface area contributed by atoms with E-state index in [1.165, 1.54) is 18.2 Å². The van der Waals surface area contributed by atoms with E-state index in [0.717, 1.165) is 53.8 Å². The minimum atomic E-state index is -0.626. The van der Waals surface area contributed by atoms with Gasteiger partial charge in [0.15, 0.2) is 0 Å². The summed E-state index contributed by atoms with van der Waals surface area (Å²) in [5.74, 6) is 0.706. The molecule has 0 spiro atoms. The minimum Gasteiger partial charge on any atom is -0.453 e. The molecule has 2 amide bonds. The Labute approximate surface area is 191 Å². The Morgan fingerprint density at radius 2 is 2.10 bits per heavy atom. The number of H-pyrrole nitrogens is 1. The number of hydrogen-bond acceptors (Lipinski definition) is 4. The summed E-state index contributed by atoms with van der Waals surface area (Å²) in [4.78, 5) is 35.6. The summed E-state index contributed by atoms with van der Waals surface area (Å²) < 4.78 is 5.80. The van der Waals surface area contributed by atoms with Gasteiger partial charge in [-0.3, -0.25) is 4.79 Å². The van der Waals surface area contributed by atoms with E-state index < -0.39 is 12.1 Å². The Hall–Kier alpha value is -2.35. The van der Waals surface area contributed by atoms with E-state index in [1.807, 2.05) is 18.7 Å². The number of methoxy groups -OCH3 is 1. The first kappa shape index (κ1) is 21.9. The molecule has 166 valence electrons. The number of likely N-dealkylation sites (tertiary alicyclic amines) is 1. The number of rotatable bonds is 4. The van der Waals surface area contributed by atoms with Crippen LogP contribution in [0.1, 0.15) is 56.2 Å². The van der Waals surface area contributed by atoms with Gasteiger partial charge >= 0.3 is 6.09 Å². The van der Waals surface area contributed by atoms with Gasteiger partial charge in [-0.05, 0) is 55.7 Å². The lowest BCUT2D eigenvalue weighted by molar-refractivity contribution is -0.135. The van der Waals surface area contributed by atoms with Gasteiger partial charge in [0, 0.05) is 22.3 Å². The molecule has 1 aliphatic heterocycles. The van der Waals surface area contributed by atoms with E-state index in [2.05, 4.69) is 44.4 Å². The van der Waals surface area contributed by atoms with Crippen molar-refractivity contribution in [2.24, 2.45) is 5.92 Å². The summed E-state index contributed by atoms with van der Waals surface area (Å²) >= 11 is 3.57. The first-order chi connectivity index (χ1) is 14.9. The zero-order chi connectivity index (χ0) is 22.1. The molecule has 2 atom stereocenters. The lowest BCUT2D eigenvalue weighted by Gasteiger charge is -2.30. The summed E-state index contributed by atoms with van der Waals surface area (Å²) in [6.07, 6.45) is 4.20. The number of hydrogen-bond donors (Lipinski definition) is 2. The number of nitrogens with zero attached hydrogens (tertiary/aromatic N) is 2.